The quantitative estimate of drug-likeness (QED) is 0.675. The first-order valence-corrected chi connectivity index (χ1v) is 9.68. The van der Waals surface area contributed by atoms with E-state index in [0.29, 0.717) is 37.9 Å². The van der Waals surface area contributed by atoms with E-state index in [-0.39, 0.29) is 6.01 Å². The van der Waals surface area contributed by atoms with E-state index in [1.165, 1.54) is 6.26 Å². The van der Waals surface area contributed by atoms with E-state index in [1.54, 1.807) is 23.8 Å². The van der Waals surface area contributed by atoms with Gasteiger partial charge in [0.1, 0.15) is 5.37 Å². The number of ether oxygens (including phenoxy) is 1. The summed E-state index contributed by atoms with van der Waals surface area (Å²) in [6.07, 6.45) is 1.24. The molecule has 0 bridgehead atoms. The van der Waals surface area contributed by atoms with Crippen molar-refractivity contribution in [1.29, 1.82) is 0 Å². The van der Waals surface area contributed by atoms with Gasteiger partial charge in [-0.05, 0) is 0 Å². The summed E-state index contributed by atoms with van der Waals surface area (Å²) >= 11 is 1.62. The van der Waals surface area contributed by atoms with Crippen LogP contribution in [0, 0.1) is 0 Å². The van der Waals surface area contributed by atoms with Crippen molar-refractivity contribution in [2.75, 3.05) is 49.5 Å². The topological polar surface area (TPSA) is 97.6 Å². The van der Waals surface area contributed by atoms with Crippen molar-refractivity contribution in [3.63, 3.8) is 0 Å². The van der Waals surface area contributed by atoms with Gasteiger partial charge in [0.15, 0.2) is 9.84 Å². The van der Waals surface area contributed by atoms with Gasteiger partial charge >= 0.3 is 6.01 Å². The number of sulfone groups is 1. The van der Waals surface area contributed by atoms with Crippen molar-refractivity contribution in [2.24, 2.45) is 0 Å². The van der Waals surface area contributed by atoms with E-state index >= 15 is 0 Å². The smallest absolute Gasteiger partial charge is 0.319 e. The number of thioether (sulfide) groups is 1. The van der Waals surface area contributed by atoms with Crippen LogP contribution in [0.4, 0.5) is 6.01 Å². The maximum atomic E-state index is 11.8. The highest BCUT2D eigenvalue weighted by molar-refractivity contribution is 8.01. The predicted molar refractivity (Wildman–Crippen MR) is 81.2 cm³/mol. The van der Waals surface area contributed by atoms with Gasteiger partial charge < -0.3 is 19.4 Å². The number of aromatic nitrogens is 2. The lowest BCUT2D eigenvalue weighted by molar-refractivity contribution is 0.198. The molecule has 1 aromatic heterocycles. The highest BCUT2D eigenvalue weighted by Gasteiger charge is 2.34. The van der Waals surface area contributed by atoms with Crippen LogP contribution in [-0.4, -0.2) is 68.6 Å². The molecular formula is C11H20N4O4S2. The van der Waals surface area contributed by atoms with Crippen LogP contribution in [0.1, 0.15) is 5.89 Å². The third kappa shape index (κ3) is 4.56. The molecular weight excluding hydrogens is 316 g/mol. The summed E-state index contributed by atoms with van der Waals surface area (Å²) in [5, 5.41) is 10.4. The van der Waals surface area contributed by atoms with Gasteiger partial charge in [0, 0.05) is 38.0 Å². The lowest BCUT2D eigenvalue weighted by Crippen LogP contribution is -2.47. The van der Waals surface area contributed by atoms with Gasteiger partial charge in [0.25, 0.3) is 0 Å². The van der Waals surface area contributed by atoms with Crippen molar-refractivity contribution < 1.29 is 17.6 Å². The van der Waals surface area contributed by atoms with Gasteiger partial charge in [-0.15, -0.1) is 5.10 Å². The Labute approximate surface area is 128 Å². The summed E-state index contributed by atoms with van der Waals surface area (Å²) in [5.41, 5.74) is 0. The van der Waals surface area contributed by atoms with Gasteiger partial charge in [-0.3, -0.25) is 0 Å². The Kier molecular flexibility index (Phi) is 5.85. The molecule has 1 fully saturated rings. The predicted octanol–water partition coefficient (Wildman–Crippen LogP) is -0.270. The van der Waals surface area contributed by atoms with E-state index in [4.69, 9.17) is 9.15 Å². The van der Waals surface area contributed by atoms with Gasteiger partial charge in [0.2, 0.25) is 5.89 Å². The molecule has 1 aliphatic heterocycles. The standard InChI is InChI=1S/C11H20N4O4S2/c1-18-5-3-12-7-9-13-14-11(19-9)15-4-6-20-8-10(15)21(2,16)17/h10,12H,3-8H2,1-2H3. The van der Waals surface area contributed by atoms with Gasteiger partial charge in [-0.2, -0.15) is 11.8 Å². The van der Waals surface area contributed by atoms with E-state index in [9.17, 15) is 8.42 Å². The molecule has 0 aliphatic carbocycles. The Morgan fingerprint density at radius 3 is 3.05 bits per heavy atom. The molecule has 1 atom stereocenters. The lowest BCUT2D eigenvalue weighted by atomic mass is 10.5. The fraction of sp³-hybridized carbons (Fsp3) is 0.818. The summed E-state index contributed by atoms with van der Waals surface area (Å²) in [6, 6.07) is 0.272. The average Bonchev–Trinajstić information content (AvgIpc) is 2.91. The minimum atomic E-state index is -3.19. The third-order valence-corrected chi connectivity index (χ3v) is 5.68. The van der Waals surface area contributed by atoms with Crippen molar-refractivity contribution in [3.8, 4) is 0 Å². The number of nitrogens with one attached hydrogen (secondary N) is 1. The molecule has 1 saturated heterocycles. The molecule has 0 spiro atoms. The molecule has 1 N–H and O–H groups in total. The maximum Gasteiger partial charge on any atom is 0.319 e. The highest BCUT2D eigenvalue weighted by atomic mass is 32.2. The number of nitrogens with zero attached hydrogens (tertiary/aromatic N) is 3. The minimum absolute atomic E-state index is 0.272. The molecule has 0 saturated carbocycles. The molecule has 8 nitrogen and oxygen atoms in total. The average molecular weight is 336 g/mol. The summed E-state index contributed by atoms with van der Waals surface area (Å²) in [7, 11) is -1.56. The zero-order valence-corrected chi connectivity index (χ0v) is 13.7. The van der Waals surface area contributed by atoms with Gasteiger partial charge in [-0.1, -0.05) is 5.10 Å². The van der Waals surface area contributed by atoms with Crippen LogP contribution in [0.2, 0.25) is 0 Å². The van der Waals surface area contributed by atoms with Crippen LogP contribution < -0.4 is 10.2 Å². The Morgan fingerprint density at radius 1 is 1.52 bits per heavy atom. The summed E-state index contributed by atoms with van der Waals surface area (Å²) in [4.78, 5) is 1.68. The summed E-state index contributed by atoms with van der Waals surface area (Å²) in [5.74, 6) is 1.80. The first-order valence-electron chi connectivity index (χ1n) is 6.57. The second-order valence-electron chi connectivity index (χ2n) is 4.70. The molecule has 1 unspecified atom stereocenters. The number of rotatable bonds is 7. The normalized spacial score (nSPS) is 19.9. The van der Waals surface area contributed by atoms with Crippen LogP contribution in [0.25, 0.3) is 0 Å². The molecule has 10 heteroatoms. The third-order valence-electron chi connectivity index (χ3n) is 3.04. The van der Waals surface area contributed by atoms with Crippen molar-refractivity contribution in [3.05, 3.63) is 5.89 Å². The summed E-state index contributed by atoms with van der Waals surface area (Å²) < 4.78 is 34.2. The minimum Gasteiger partial charge on any atom is -0.407 e. The van der Waals surface area contributed by atoms with Crippen LogP contribution in [0.3, 0.4) is 0 Å². The maximum absolute atomic E-state index is 11.8. The molecule has 120 valence electrons. The SMILES string of the molecule is COCCNCc1nnc(N2CCSCC2S(C)(=O)=O)o1. The Hall–Kier alpha value is -0.840. The first-order chi connectivity index (χ1) is 10.0. The lowest BCUT2D eigenvalue weighted by Gasteiger charge is -2.32. The Balaban J connectivity index is 2.01. The molecule has 21 heavy (non-hydrogen) atoms. The second-order valence-corrected chi connectivity index (χ2v) is 8.05. The number of hydrogen-bond acceptors (Lipinski definition) is 9. The number of hydrogen-bond donors (Lipinski definition) is 1. The molecule has 0 amide bonds. The highest BCUT2D eigenvalue weighted by Crippen LogP contribution is 2.25. The molecule has 0 radical (unpaired) electrons. The van der Waals surface area contributed by atoms with Crippen molar-refractivity contribution in [1.82, 2.24) is 15.5 Å². The van der Waals surface area contributed by atoms with Crippen molar-refractivity contribution in [2.45, 2.75) is 11.9 Å². The molecule has 2 rings (SSSR count). The zero-order valence-electron chi connectivity index (χ0n) is 12.1. The van der Waals surface area contributed by atoms with Crippen LogP contribution in [-0.2, 0) is 21.1 Å². The molecule has 1 aromatic rings. The second kappa shape index (κ2) is 7.43. The van der Waals surface area contributed by atoms with Gasteiger partial charge in [0.05, 0.1) is 13.2 Å². The largest absolute Gasteiger partial charge is 0.407 e. The monoisotopic (exact) mass is 336 g/mol. The fourth-order valence-electron chi connectivity index (χ4n) is 1.96. The molecule has 1 aliphatic rings. The van der Waals surface area contributed by atoms with E-state index in [1.807, 2.05) is 0 Å². The van der Waals surface area contributed by atoms with E-state index < -0.39 is 15.2 Å². The Bertz CT molecular complexity index is 548. The van der Waals surface area contributed by atoms with Crippen molar-refractivity contribution >= 4 is 27.6 Å². The summed E-state index contributed by atoms with van der Waals surface area (Å²) in [6.45, 7) is 2.30. The first kappa shape index (κ1) is 16.5. The zero-order chi connectivity index (χ0) is 15.3. The van der Waals surface area contributed by atoms with Crippen LogP contribution in [0.5, 0.6) is 0 Å². The van der Waals surface area contributed by atoms with E-state index in [0.717, 1.165) is 5.75 Å². The number of methoxy groups -OCH3 is 1. The van der Waals surface area contributed by atoms with Crippen LogP contribution >= 0.6 is 11.8 Å². The Morgan fingerprint density at radius 2 is 2.33 bits per heavy atom. The molecule has 2 heterocycles. The van der Waals surface area contributed by atoms with Gasteiger partial charge in [-0.25, -0.2) is 8.42 Å². The molecule has 0 aromatic carbocycles. The fourth-order valence-corrected chi connectivity index (χ4v) is 4.77. The van der Waals surface area contributed by atoms with E-state index in [2.05, 4.69) is 15.5 Å². The number of anilines is 1. The van der Waals surface area contributed by atoms with Crippen LogP contribution in [0.15, 0.2) is 4.42 Å².